The smallest absolute Gasteiger partial charge is 0.264 e. The summed E-state index contributed by atoms with van der Waals surface area (Å²) in [6.07, 6.45) is 1.11. The summed E-state index contributed by atoms with van der Waals surface area (Å²) in [4.78, 5) is 4.13. The molecule has 2 rings (SSSR count). The minimum absolute atomic E-state index is 0.296. The van der Waals surface area contributed by atoms with Gasteiger partial charge in [-0.1, -0.05) is 29.8 Å². The van der Waals surface area contributed by atoms with Crippen molar-refractivity contribution in [1.29, 1.82) is 0 Å². The van der Waals surface area contributed by atoms with Crippen LogP contribution in [0.1, 0.15) is 36.2 Å². The fraction of sp³-hybridized carbons (Fsp3) is 0.467. The molecule has 108 valence electrons. The number of aryl methyl sites for hydroxylation is 2. The summed E-state index contributed by atoms with van der Waals surface area (Å²) in [6.45, 7) is 8.11. The second-order valence-electron chi connectivity index (χ2n) is 4.81. The first kappa shape index (κ1) is 14.5. The average molecular weight is 275 g/mol. The van der Waals surface area contributed by atoms with E-state index in [9.17, 15) is 0 Å². The summed E-state index contributed by atoms with van der Waals surface area (Å²) in [5, 5.41) is 7.14. The molecule has 0 aliphatic carbocycles. The molecular formula is C15H21N3O2. The van der Waals surface area contributed by atoms with Gasteiger partial charge in [-0.25, -0.2) is 0 Å². The molecule has 0 radical (unpaired) electrons. The standard InChI is InChI=1S/C15H21N3O2/c1-4-7-16-9-13-8-11(2)5-6-14(13)19-10-15-17-12(3)18-20-15/h5-6,8,16H,4,7,9-10H2,1-3H3. The molecule has 0 saturated heterocycles. The van der Waals surface area contributed by atoms with Crippen LogP contribution in [-0.2, 0) is 13.2 Å². The van der Waals surface area contributed by atoms with Gasteiger partial charge in [0.25, 0.3) is 5.89 Å². The maximum Gasteiger partial charge on any atom is 0.264 e. The molecule has 2 aromatic rings. The van der Waals surface area contributed by atoms with Gasteiger partial charge in [-0.15, -0.1) is 0 Å². The number of aromatic nitrogens is 2. The van der Waals surface area contributed by atoms with Gasteiger partial charge in [-0.05, 0) is 32.9 Å². The van der Waals surface area contributed by atoms with Gasteiger partial charge in [-0.2, -0.15) is 4.98 Å². The van der Waals surface area contributed by atoms with Crippen molar-refractivity contribution in [2.75, 3.05) is 6.54 Å². The number of nitrogens with one attached hydrogen (secondary N) is 1. The predicted octanol–water partition coefficient (Wildman–Crippen LogP) is 2.77. The quantitative estimate of drug-likeness (QED) is 0.787. The Hall–Kier alpha value is -1.88. The van der Waals surface area contributed by atoms with Crippen LogP contribution >= 0.6 is 0 Å². The lowest BCUT2D eigenvalue weighted by Gasteiger charge is -2.11. The zero-order valence-corrected chi connectivity index (χ0v) is 12.3. The van der Waals surface area contributed by atoms with Crippen LogP contribution in [0.25, 0.3) is 0 Å². The van der Waals surface area contributed by atoms with E-state index in [1.165, 1.54) is 5.56 Å². The van der Waals surface area contributed by atoms with Crippen molar-refractivity contribution in [1.82, 2.24) is 15.5 Å². The van der Waals surface area contributed by atoms with Gasteiger partial charge in [-0.3, -0.25) is 0 Å². The van der Waals surface area contributed by atoms with Crippen LogP contribution in [0.15, 0.2) is 22.7 Å². The van der Waals surface area contributed by atoms with Gasteiger partial charge < -0.3 is 14.6 Å². The van der Waals surface area contributed by atoms with E-state index in [-0.39, 0.29) is 0 Å². The van der Waals surface area contributed by atoms with Crippen LogP contribution in [0.4, 0.5) is 0 Å². The molecule has 5 heteroatoms. The van der Waals surface area contributed by atoms with E-state index in [0.717, 1.165) is 30.8 Å². The highest BCUT2D eigenvalue weighted by Crippen LogP contribution is 2.21. The van der Waals surface area contributed by atoms with E-state index in [2.05, 4.69) is 35.4 Å². The number of nitrogens with zero attached hydrogens (tertiary/aromatic N) is 2. The summed E-state index contributed by atoms with van der Waals surface area (Å²) in [5.41, 5.74) is 2.37. The summed E-state index contributed by atoms with van der Waals surface area (Å²) >= 11 is 0. The molecule has 1 aromatic carbocycles. The number of hydrogen-bond acceptors (Lipinski definition) is 5. The third-order valence-corrected chi connectivity index (χ3v) is 2.88. The van der Waals surface area contributed by atoms with Crippen molar-refractivity contribution in [3.05, 3.63) is 41.0 Å². The molecule has 0 amide bonds. The highest BCUT2D eigenvalue weighted by Gasteiger charge is 2.07. The van der Waals surface area contributed by atoms with E-state index in [1.54, 1.807) is 6.92 Å². The van der Waals surface area contributed by atoms with Crippen molar-refractivity contribution in [3.8, 4) is 5.75 Å². The van der Waals surface area contributed by atoms with Crippen LogP contribution in [-0.4, -0.2) is 16.7 Å². The second-order valence-corrected chi connectivity index (χ2v) is 4.81. The monoisotopic (exact) mass is 275 g/mol. The maximum absolute atomic E-state index is 5.79. The third-order valence-electron chi connectivity index (χ3n) is 2.88. The molecule has 1 N–H and O–H groups in total. The van der Waals surface area contributed by atoms with Gasteiger partial charge in [0.15, 0.2) is 12.4 Å². The normalized spacial score (nSPS) is 10.8. The minimum atomic E-state index is 0.296. The largest absolute Gasteiger partial charge is 0.483 e. The van der Waals surface area contributed by atoms with Gasteiger partial charge in [0.05, 0.1) is 0 Å². The zero-order chi connectivity index (χ0) is 14.4. The summed E-state index contributed by atoms with van der Waals surface area (Å²) in [5.74, 6) is 1.97. The Morgan fingerprint density at radius 3 is 2.85 bits per heavy atom. The summed E-state index contributed by atoms with van der Waals surface area (Å²) in [6, 6.07) is 6.16. The molecule has 1 heterocycles. The highest BCUT2D eigenvalue weighted by molar-refractivity contribution is 5.36. The Morgan fingerprint density at radius 1 is 1.30 bits per heavy atom. The lowest BCUT2D eigenvalue weighted by molar-refractivity contribution is 0.240. The van der Waals surface area contributed by atoms with Crippen LogP contribution < -0.4 is 10.1 Å². The van der Waals surface area contributed by atoms with Gasteiger partial charge in [0.2, 0.25) is 0 Å². The third kappa shape index (κ3) is 4.06. The highest BCUT2D eigenvalue weighted by atomic mass is 16.5. The molecular weight excluding hydrogens is 254 g/mol. The predicted molar refractivity (Wildman–Crippen MR) is 76.5 cm³/mol. The fourth-order valence-corrected chi connectivity index (χ4v) is 1.93. The van der Waals surface area contributed by atoms with Gasteiger partial charge in [0, 0.05) is 12.1 Å². The van der Waals surface area contributed by atoms with Gasteiger partial charge in [0.1, 0.15) is 5.75 Å². The average Bonchev–Trinajstić information content (AvgIpc) is 2.84. The van der Waals surface area contributed by atoms with Crippen LogP contribution in [0.2, 0.25) is 0 Å². The first-order valence-corrected chi connectivity index (χ1v) is 6.91. The Kier molecular flexibility index (Phi) is 5.12. The second kappa shape index (κ2) is 7.05. The lowest BCUT2D eigenvalue weighted by Crippen LogP contribution is -2.14. The van der Waals surface area contributed by atoms with E-state index >= 15 is 0 Å². The molecule has 0 atom stereocenters. The van der Waals surface area contributed by atoms with Crippen LogP contribution in [0, 0.1) is 13.8 Å². The molecule has 20 heavy (non-hydrogen) atoms. The zero-order valence-electron chi connectivity index (χ0n) is 12.3. The Morgan fingerprint density at radius 2 is 2.15 bits per heavy atom. The molecule has 5 nitrogen and oxygen atoms in total. The maximum atomic E-state index is 5.79. The lowest BCUT2D eigenvalue weighted by atomic mass is 10.1. The summed E-state index contributed by atoms with van der Waals surface area (Å²) in [7, 11) is 0. The van der Waals surface area contributed by atoms with Crippen molar-refractivity contribution >= 4 is 0 Å². The van der Waals surface area contributed by atoms with Crippen molar-refractivity contribution in [3.63, 3.8) is 0 Å². The minimum Gasteiger partial charge on any atom is -0.483 e. The van der Waals surface area contributed by atoms with Gasteiger partial charge >= 0.3 is 0 Å². The van der Waals surface area contributed by atoms with Crippen molar-refractivity contribution in [2.24, 2.45) is 0 Å². The van der Waals surface area contributed by atoms with E-state index in [0.29, 0.717) is 18.3 Å². The number of ether oxygens (including phenoxy) is 1. The van der Waals surface area contributed by atoms with Crippen molar-refractivity contribution < 1.29 is 9.26 Å². The van der Waals surface area contributed by atoms with Crippen LogP contribution in [0.5, 0.6) is 5.75 Å². The fourth-order valence-electron chi connectivity index (χ4n) is 1.93. The molecule has 0 aliphatic heterocycles. The van der Waals surface area contributed by atoms with Crippen LogP contribution in [0.3, 0.4) is 0 Å². The number of benzene rings is 1. The first-order valence-electron chi connectivity index (χ1n) is 6.91. The molecule has 0 aliphatic rings. The molecule has 0 spiro atoms. The number of hydrogen-bond donors (Lipinski definition) is 1. The van der Waals surface area contributed by atoms with E-state index in [4.69, 9.17) is 9.26 Å². The molecule has 0 saturated carbocycles. The SMILES string of the molecule is CCCNCc1cc(C)ccc1OCc1nc(C)no1. The van der Waals surface area contributed by atoms with Crippen molar-refractivity contribution in [2.45, 2.75) is 40.3 Å². The first-order chi connectivity index (χ1) is 9.69. The molecule has 0 fully saturated rings. The Labute approximate surface area is 119 Å². The molecule has 0 bridgehead atoms. The molecule has 0 unspecified atom stereocenters. The summed E-state index contributed by atoms with van der Waals surface area (Å²) < 4.78 is 10.8. The Balaban J connectivity index is 2.01. The molecule has 1 aromatic heterocycles. The number of rotatable bonds is 7. The van der Waals surface area contributed by atoms with E-state index < -0.39 is 0 Å². The topological polar surface area (TPSA) is 60.2 Å². The Bertz CT molecular complexity index is 552. The van der Waals surface area contributed by atoms with E-state index in [1.807, 2.05) is 12.1 Å².